The van der Waals surface area contributed by atoms with Crippen LogP contribution in [0.4, 0.5) is 9.52 Å². The first-order valence-corrected chi connectivity index (χ1v) is 8.18. The lowest BCUT2D eigenvalue weighted by atomic mass is 10.1. The van der Waals surface area contributed by atoms with Gasteiger partial charge in [0.25, 0.3) is 0 Å². The third kappa shape index (κ3) is 3.51. The third-order valence-corrected chi connectivity index (χ3v) is 4.86. The minimum atomic E-state index is -0.221. The van der Waals surface area contributed by atoms with E-state index in [9.17, 15) is 9.18 Å². The number of benzene rings is 1. The van der Waals surface area contributed by atoms with Crippen molar-refractivity contribution in [2.75, 3.05) is 5.32 Å². The lowest BCUT2D eigenvalue weighted by Gasteiger charge is -2.08. The number of thiazole rings is 1. The van der Waals surface area contributed by atoms with Gasteiger partial charge >= 0.3 is 0 Å². The molecular formula is C16H18FN3OS. The Kier molecular flexibility index (Phi) is 4.49. The van der Waals surface area contributed by atoms with E-state index in [1.807, 2.05) is 6.07 Å². The van der Waals surface area contributed by atoms with E-state index >= 15 is 0 Å². The largest absolute Gasteiger partial charge is 0.328 e. The Morgan fingerprint density at radius 2 is 2.23 bits per heavy atom. The molecule has 1 aromatic carbocycles. The van der Waals surface area contributed by atoms with Crippen molar-refractivity contribution in [2.24, 2.45) is 11.7 Å². The van der Waals surface area contributed by atoms with Crippen LogP contribution >= 0.6 is 11.3 Å². The molecule has 1 aliphatic rings. The van der Waals surface area contributed by atoms with Gasteiger partial charge in [0.1, 0.15) is 5.82 Å². The Balaban J connectivity index is 1.62. The summed E-state index contributed by atoms with van der Waals surface area (Å²) in [5, 5.41) is 3.41. The summed E-state index contributed by atoms with van der Waals surface area (Å²) in [5.41, 5.74) is 6.46. The monoisotopic (exact) mass is 319 g/mol. The van der Waals surface area contributed by atoms with Crippen molar-refractivity contribution in [2.45, 2.75) is 31.7 Å². The fraction of sp³-hybridized carbons (Fsp3) is 0.375. The number of nitrogens with two attached hydrogens (primary N) is 1. The van der Waals surface area contributed by atoms with Crippen LogP contribution in [0.3, 0.4) is 0 Å². The molecule has 4 nitrogen and oxygen atoms in total. The number of rotatable bonds is 4. The number of nitrogens with one attached hydrogen (secondary N) is 1. The molecule has 3 rings (SSSR count). The van der Waals surface area contributed by atoms with Gasteiger partial charge in [-0.15, -0.1) is 11.3 Å². The molecule has 22 heavy (non-hydrogen) atoms. The molecule has 0 radical (unpaired) electrons. The summed E-state index contributed by atoms with van der Waals surface area (Å²) >= 11 is 1.38. The molecule has 1 aromatic heterocycles. The maximum Gasteiger partial charge on any atom is 0.229 e. The molecule has 116 valence electrons. The number of hydrogen-bond donors (Lipinski definition) is 2. The first-order chi connectivity index (χ1) is 10.6. The Bertz CT molecular complexity index is 673. The Morgan fingerprint density at radius 1 is 1.41 bits per heavy atom. The summed E-state index contributed by atoms with van der Waals surface area (Å²) in [6.07, 6.45) is 4.63. The summed E-state index contributed by atoms with van der Waals surface area (Å²) in [6.45, 7) is 0. The van der Waals surface area contributed by atoms with E-state index in [2.05, 4.69) is 10.3 Å². The standard InChI is InChI=1S/C16H18FN3OS/c17-14-4-2-1-3-10(14)8-13-9-19-16(22-13)20-15(21)11-5-6-12(18)7-11/h1-4,9,11-12H,5-8,18H2,(H,19,20,21). The van der Waals surface area contributed by atoms with Gasteiger partial charge in [0.2, 0.25) is 5.91 Å². The second-order valence-corrected chi connectivity index (χ2v) is 6.77. The van der Waals surface area contributed by atoms with Gasteiger partial charge in [-0.3, -0.25) is 4.79 Å². The zero-order valence-corrected chi connectivity index (χ0v) is 12.9. The topological polar surface area (TPSA) is 68.0 Å². The van der Waals surface area contributed by atoms with Crippen LogP contribution in [-0.4, -0.2) is 16.9 Å². The number of carbonyl (C=O) groups is 1. The van der Waals surface area contributed by atoms with E-state index in [1.54, 1.807) is 18.3 Å². The van der Waals surface area contributed by atoms with E-state index in [1.165, 1.54) is 17.4 Å². The summed E-state index contributed by atoms with van der Waals surface area (Å²) in [6, 6.07) is 6.81. The summed E-state index contributed by atoms with van der Waals surface area (Å²) in [5.74, 6) is -0.255. The summed E-state index contributed by atoms with van der Waals surface area (Å²) < 4.78 is 13.6. The number of aromatic nitrogens is 1. The predicted octanol–water partition coefficient (Wildman–Crippen LogP) is 2.94. The zero-order valence-electron chi connectivity index (χ0n) is 12.1. The van der Waals surface area contributed by atoms with Crippen molar-refractivity contribution in [1.29, 1.82) is 0 Å². The fourth-order valence-corrected chi connectivity index (χ4v) is 3.58. The van der Waals surface area contributed by atoms with E-state index in [0.717, 1.165) is 24.1 Å². The maximum absolute atomic E-state index is 13.6. The van der Waals surface area contributed by atoms with Crippen LogP contribution in [0.15, 0.2) is 30.5 Å². The molecule has 0 aliphatic heterocycles. The van der Waals surface area contributed by atoms with Gasteiger partial charge in [-0.2, -0.15) is 0 Å². The third-order valence-electron chi connectivity index (χ3n) is 3.95. The molecule has 0 saturated heterocycles. The van der Waals surface area contributed by atoms with Crippen LogP contribution < -0.4 is 11.1 Å². The molecule has 2 aromatic rings. The van der Waals surface area contributed by atoms with Crippen LogP contribution in [0.25, 0.3) is 0 Å². The highest BCUT2D eigenvalue weighted by Gasteiger charge is 2.28. The van der Waals surface area contributed by atoms with Gasteiger partial charge in [-0.1, -0.05) is 18.2 Å². The normalized spacial score (nSPS) is 21.0. The molecule has 1 saturated carbocycles. The van der Waals surface area contributed by atoms with Crippen LogP contribution in [-0.2, 0) is 11.2 Å². The fourth-order valence-electron chi connectivity index (χ4n) is 2.74. The van der Waals surface area contributed by atoms with Crippen molar-refractivity contribution < 1.29 is 9.18 Å². The molecule has 2 unspecified atom stereocenters. The second kappa shape index (κ2) is 6.54. The van der Waals surface area contributed by atoms with Crippen molar-refractivity contribution in [3.05, 3.63) is 46.7 Å². The average molecular weight is 319 g/mol. The number of nitrogens with zero attached hydrogens (tertiary/aromatic N) is 1. The quantitative estimate of drug-likeness (QED) is 0.910. The van der Waals surface area contributed by atoms with Gasteiger partial charge < -0.3 is 11.1 Å². The van der Waals surface area contributed by atoms with Crippen molar-refractivity contribution in [3.63, 3.8) is 0 Å². The van der Waals surface area contributed by atoms with Crippen molar-refractivity contribution in [1.82, 2.24) is 4.98 Å². The Morgan fingerprint density at radius 3 is 2.95 bits per heavy atom. The highest BCUT2D eigenvalue weighted by atomic mass is 32.1. The molecule has 1 aliphatic carbocycles. The van der Waals surface area contributed by atoms with Crippen LogP contribution in [0.1, 0.15) is 29.7 Å². The van der Waals surface area contributed by atoms with Crippen LogP contribution in [0.2, 0.25) is 0 Å². The van der Waals surface area contributed by atoms with E-state index < -0.39 is 0 Å². The Hall–Kier alpha value is -1.79. The zero-order chi connectivity index (χ0) is 15.5. The van der Waals surface area contributed by atoms with Gasteiger partial charge in [-0.05, 0) is 30.9 Å². The number of amides is 1. The first-order valence-electron chi connectivity index (χ1n) is 7.36. The van der Waals surface area contributed by atoms with Gasteiger partial charge in [-0.25, -0.2) is 9.37 Å². The SMILES string of the molecule is NC1CCC(C(=O)Nc2ncc(Cc3ccccc3F)s2)C1. The first kappa shape index (κ1) is 15.1. The molecule has 3 N–H and O–H groups in total. The predicted molar refractivity (Wildman–Crippen MR) is 85.3 cm³/mol. The minimum absolute atomic E-state index is 0.0141. The van der Waals surface area contributed by atoms with Gasteiger partial charge in [0.05, 0.1) is 0 Å². The van der Waals surface area contributed by atoms with Crippen molar-refractivity contribution >= 4 is 22.4 Å². The molecule has 0 spiro atoms. The Labute approximate surface area is 132 Å². The number of halogens is 1. The van der Waals surface area contributed by atoms with E-state index in [-0.39, 0.29) is 23.7 Å². The smallest absolute Gasteiger partial charge is 0.229 e. The number of hydrogen-bond acceptors (Lipinski definition) is 4. The number of carbonyl (C=O) groups excluding carboxylic acids is 1. The van der Waals surface area contributed by atoms with Gasteiger partial charge in [0, 0.05) is 29.5 Å². The average Bonchev–Trinajstić information content (AvgIpc) is 3.11. The lowest BCUT2D eigenvalue weighted by Crippen LogP contribution is -2.23. The highest BCUT2D eigenvalue weighted by molar-refractivity contribution is 7.15. The van der Waals surface area contributed by atoms with Gasteiger partial charge in [0.15, 0.2) is 5.13 Å². The number of anilines is 1. The molecule has 6 heteroatoms. The lowest BCUT2D eigenvalue weighted by molar-refractivity contribution is -0.119. The molecule has 1 heterocycles. The second-order valence-electron chi connectivity index (χ2n) is 5.66. The van der Waals surface area contributed by atoms with E-state index in [4.69, 9.17) is 5.73 Å². The highest BCUT2D eigenvalue weighted by Crippen LogP contribution is 2.27. The molecule has 1 fully saturated rings. The van der Waals surface area contributed by atoms with E-state index in [0.29, 0.717) is 17.1 Å². The van der Waals surface area contributed by atoms with Crippen LogP contribution in [0.5, 0.6) is 0 Å². The molecular weight excluding hydrogens is 301 g/mol. The minimum Gasteiger partial charge on any atom is -0.328 e. The molecule has 0 bridgehead atoms. The summed E-state index contributed by atoms with van der Waals surface area (Å²) in [7, 11) is 0. The van der Waals surface area contributed by atoms with Crippen molar-refractivity contribution in [3.8, 4) is 0 Å². The molecule has 1 amide bonds. The maximum atomic E-state index is 13.6. The van der Waals surface area contributed by atoms with Crippen LogP contribution in [0, 0.1) is 11.7 Å². The molecule has 2 atom stereocenters. The summed E-state index contributed by atoms with van der Waals surface area (Å²) in [4.78, 5) is 17.2.